The molecule has 2 aromatic rings. The number of methoxy groups -OCH3 is 1. The molecule has 1 amide bonds. The van der Waals surface area contributed by atoms with Crippen molar-refractivity contribution in [3.63, 3.8) is 0 Å². The van der Waals surface area contributed by atoms with Gasteiger partial charge in [-0.25, -0.2) is 18.0 Å². The summed E-state index contributed by atoms with van der Waals surface area (Å²) in [7, 11) is -2.67. The zero-order valence-electron chi connectivity index (χ0n) is 17.4. The van der Waals surface area contributed by atoms with Crippen LogP contribution in [0.3, 0.4) is 0 Å². The molecule has 0 saturated carbocycles. The Labute approximate surface area is 181 Å². The van der Waals surface area contributed by atoms with Crippen LogP contribution in [0.5, 0.6) is 0 Å². The predicted molar refractivity (Wildman–Crippen MR) is 113 cm³/mol. The molecule has 0 aliphatic carbocycles. The number of anilines is 1. The minimum Gasteiger partial charge on any atom is -0.465 e. The number of esters is 1. The Kier molecular flexibility index (Phi) is 5.72. The van der Waals surface area contributed by atoms with E-state index in [1.165, 1.54) is 23.5 Å². The van der Waals surface area contributed by atoms with Crippen molar-refractivity contribution in [1.82, 2.24) is 4.31 Å². The highest BCUT2D eigenvalue weighted by Crippen LogP contribution is 2.35. The Hall–Kier alpha value is -2.91. The van der Waals surface area contributed by atoms with Crippen molar-refractivity contribution < 1.29 is 27.5 Å². The van der Waals surface area contributed by atoms with Crippen LogP contribution in [0.15, 0.2) is 47.4 Å². The number of nitrogens with zero attached hydrogens (tertiary/aromatic N) is 2. The van der Waals surface area contributed by atoms with E-state index in [4.69, 9.17) is 9.47 Å². The molecule has 0 aromatic heterocycles. The fraction of sp³-hybridized carbons (Fsp3) is 0.364. The summed E-state index contributed by atoms with van der Waals surface area (Å²) in [5.41, 5.74) is 2.80. The molecule has 164 valence electrons. The Morgan fingerprint density at radius 1 is 1.10 bits per heavy atom. The highest BCUT2D eigenvalue weighted by Gasteiger charge is 2.38. The molecular weight excluding hydrogens is 420 g/mol. The first-order chi connectivity index (χ1) is 14.8. The smallest absolute Gasteiger partial charge is 0.414 e. The third-order valence-corrected chi connectivity index (χ3v) is 7.77. The van der Waals surface area contributed by atoms with Crippen LogP contribution in [0.2, 0.25) is 0 Å². The minimum atomic E-state index is -3.89. The molecule has 8 nitrogen and oxygen atoms in total. The van der Waals surface area contributed by atoms with Crippen LogP contribution >= 0.6 is 0 Å². The molecule has 0 bridgehead atoms. The van der Waals surface area contributed by atoms with Gasteiger partial charge in [0.2, 0.25) is 10.0 Å². The predicted octanol–water partition coefficient (Wildman–Crippen LogP) is 3.09. The number of carbonyl (C=O) groups is 2. The summed E-state index contributed by atoms with van der Waals surface area (Å²) in [6.07, 6.45) is 0.518. The number of rotatable bonds is 4. The number of hydrogen-bond donors (Lipinski definition) is 0. The van der Waals surface area contributed by atoms with Crippen molar-refractivity contribution in [2.75, 3.05) is 25.1 Å². The van der Waals surface area contributed by atoms with Gasteiger partial charge in [-0.2, -0.15) is 4.31 Å². The molecule has 2 aromatic carbocycles. The number of cyclic esters (lactones) is 1. The second-order valence-electron chi connectivity index (χ2n) is 7.63. The Balaban J connectivity index is 1.57. The van der Waals surface area contributed by atoms with Gasteiger partial charge in [0.05, 0.1) is 23.3 Å². The number of benzene rings is 2. The van der Waals surface area contributed by atoms with Crippen LogP contribution in [0.4, 0.5) is 10.5 Å². The number of carbonyl (C=O) groups excluding carboxylic acids is 2. The maximum absolute atomic E-state index is 13.2. The molecule has 1 saturated heterocycles. The molecular formula is C22H24N2O6S. The zero-order chi connectivity index (χ0) is 22.2. The van der Waals surface area contributed by atoms with Crippen LogP contribution in [-0.2, 0) is 26.1 Å². The summed E-state index contributed by atoms with van der Waals surface area (Å²) in [5, 5.41) is 0. The van der Waals surface area contributed by atoms with Gasteiger partial charge in [-0.15, -0.1) is 0 Å². The van der Waals surface area contributed by atoms with E-state index >= 15 is 0 Å². The lowest BCUT2D eigenvalue weighted by atomic mass is 10.00. The lowest BCUT2D eigenvalue weighted by Crippen LogP contribution is -2.50. The third kappa shape index (κ3) is 3.79. The number of para-hydroxylation sites is 1. The van der Waals surface area contributed by atoms with Gasteiger partial charge in [0, 0.05) is 24.7 Å². The van der Waals surface area contributed by atoms with Crippen LogP contribution in [0.25, 0.3) is 0 Å². The summed E-state index contributed by atoms with van der Waals surface area (Å²) >= 11 is 0. The molecule has 9 heteroatoms. The molecule has 4 rings (SSSR count). The number of hydrogen-bond acceptors (Lipinski definition) is 6. The van der Waals surface area contributed by atoms with Crippen LogP contribution in [-0.4, -0.2) is 51.0 Å². The summed E-state index contributed by atoms with van der Waals surface area (Å²) in [6, 6.07) is 11.7. The summed E-state index contributed by atoms with van der Waals surface area (Å²) in [5.74, 6) is -0.697. The van der Waals surface area contributed by atoms with Crippen molar-refractivity contribution in [3.8, 4) is 0 Å². The van der Waals surface area contributed by atoms with Crippen molar-refractivity contribution in [1.29, 1.82) is 0 Å². The Morgan fingerprint density at radius 3 is 2.52 bits per heavy atom. The Bertz CT molecular complexity index is 1120. The van der Waals surface area contributed by atoms with Gasteiger partial charge in [-0.05, 0) is 37.5 Å². The van der Waals surface area contributed by atoms with Crippen molar-refractivity contribution in [2.24, 2.45) is 0 Å². The van der Waals surface area contributed by atoms with Gasteiger partial charge in [-0.1, -0.05) is 30.3 Å². The van der Waals surface area contributed by atoms with E-state index in [0.717, 1.165) is 16.8 Å². The van der Waals surface area contributed by atoms with Gasteiger partial charge >= 0.3 is 12.1 Å². The van der Waals surface area contributed by atoms with Crippen LogP contribution in [0.1, 0.15) is 34.3 Å². The number of piperidine rings is 1. The summed E-state index contributed by atoms with van der Waals surface area (Å²) in [6.45, 7) is 2.65. The molecule has 2 aliphatic rings. The highest BCUT2D eigenvalue weighted by molar-refractivity contribution is 7.89. The molecule has 1 fully saturated rings. The standard InChI is InChI=1S/C22H24N2O6S/c1-15-6-5-7-16-14-30-22(26)24(20(15)16)17-10-12-23(13-11-17)31(27,28)19-9-4-3-8-18(19)21(25)29-2/h3-9,17H,10-14H2,1-2H3. The second kappa shape index (κ2) is 8.32. The van der Waals surface area contributed by atoms with E-state index in [2.05, 4.69) is 0 Å². The van der Waals surface area contributed by atoms with E-state index in [9.17, 15) is 18.0 Å². The first-order valence-corrected chi connectivity index (χ1v) is 11.5. The minimum absolute atomic E-state index is 0.0104. The molecule has 2 heterocycles. The van der Waals surface area contributed by atoms with Crippen molar-refractivity contribution in [3.05, 3.63) is 59.2 Å². The molecule has 0 atom stereocenters. The SMILES string of the molecule is COC(=O)c1ccccc1S(=O)(=O)N1CCC(N2C(=O)OCc3cccc(C)c32)CC1. The topological polar surface area (TPSA) is 93.2 Å². The molecule has 0 unspecified atom stereocenters. The lowest BCUT2D eigenvalue weighted by molar-refractivity contribution is 0.0596. The van der Waals surface area contributed by atoms with Gasteiger partial charge in [-0.3, -0.25) is 4.90 Å². The average molecular weight is 445 g/mol. The van der Waals surface area contributed by atoms with Crippen LogP contribution in [0, 0.1) is 6.92 Å². The number of fused-ring (bicyclic) bond motifs is 1. The lowest BCUT2D eigenvalue weighted by Gasteiger charge is -2.40. The van der Waals surface area contributed by atoms with Crippen molar-refractivity contribution in [2.45, 2.75) is 37.3 Å². The Morgan fingerprint density at radius 2 is 1.81 bits per heavy atom. The summed E-state index contributed by atoms with van der Waals surface area (Å²) in [4.78, 5) is 26.2. The first kappa shape index (κ1) is 21.3. The molecule has 31 heavy (non-hydrogen) atoms. The van der Waals surface area contributed by atoms with Gasteiger partial charge in [0.15, 0.2) is 0 Å². The quantitative estimate of drug-likeness (QED) is 0.673. The van der Waals surface area contributed by atoms with E-state index in [-0.39, 0.29) is 36.2 Å². The van der Waals surface area contributed by atoms with Gasteiger partial charge in [0.25, 0.3) is 0 Å². The zero-order valence-corrected chi connectivity index (χ0v) is 18.2. The molecule has 0 N–H and O–H groups in total. The number of ether oxygens (including phenoxy) is 2. The van der Waals surface area contributed by atoms with Gasteiger partial charge < -0.3 is 9.47 Å². The molecule has 2 aliphatic heterocycles. The maximum Gasteiger partial charge on any atom is 0.414 e. The second-order valence-corrected chi connectivity index (χ2v) is 9.54. The average Bonchev–Trinajstić information content (AvgIpc) is 2.79. The number of aryl methyl sites for hydroxylation is 1. The van der Waals surface area contributed by atoms with Crippen LogP contribution < -0.4 is 4.90 Å². The fourth-order valence-electron chi connectivity index (χ4n) is 4.26. The fourth-order valence-corrected chi connectivity index (χ4v) is 5.91. The highest BCUT2D eigenvalue weighted by atomic mass is 32.2. The third-order valence-electron chi connectivity index (χ3n) is 5.81. The van der Waals surface area contributed by atoms with Gasteiger partial charge in [0.1, 0.15) is 6.61 Å². The normalized spacial score (nSPS) is 17.7. The van der Waals surface area contributed by atoms with E-state index in [0.29, 0.717) is 12.8 Å². The van der Waals surface area contributed by atoms with E-state index in [1.54, 1.807) is 17.0 Å². The van der Waals surface area contributed by atoms with E-state index < -0.39 is 22.1 Å². The summed E-state index contributed by atoms with van der Waals surface area (Å²) < 4.78 is 37.9. The molecule has 0 spiro atoms. The van der Waals surface area contributed by atoms with E-state index in [1.807, 2.05) is 25.1 Å². The maximum atomic E-state index is 13.2. The first-order valence-electron chi connectivity index (χ1n) is 10.1. The van der Waals surface area contributed by atoms with Crippen molar-refractivity contribution >= 4 is 27.8 Å². The number of sulfonamides is 1. The number of amides is 1. The molecule has 0 radical (unpaired) electrons. The largest absolute Gasteiger partial charge is 0.465 e. The monoisotopic (exact) mass is 444 g/mol.